The fourth-order valence-electron chi connectivity index (χ4n) is 5.03. The average Bonchev–Trinajstić information content (AvgIpc) is 3.22. The lowest BCUT2D eigenvalue weighted by Crippen LogP contribution is -2.41. The van der Waals surface area contributed by atoms with Crippen molar-refractivity contribution in [3.05, 3.63) is 101 Å². The molecule has 1 heteroatoms. The average molecular weight is 339 g/mol. The number of hydrogen-bond acceptors (Lipinski definition) is 0. The van der Waals surface area contributed by atoms with E-state index in [9.17, 15) is 0 Å². The van der Waals surface area contributed by atoms with E-state index in [1.165, 1.54) is 33.4 Å². The quantitative estimate of drug-likeness (QED) is 0.474. The first-order valence-corrected chi connectivity index (χ1v) is 12.3. The SMILES string of the molecule is C[Si](C)(C1C=Cc2ccccc21)C1c2ccccc2-c2ccccc21. The fourth-order valence-corrected chi connectivity index (χ4v) is 9.16. The first-order chi connectivity index (χ1) is 12.2. The maximum absolute atomic E-state index is 2.58. The third kappa shape index (κ3) is 2.06. The molecular formula is C24H22Si. The molecule has 0 nitrogen and oxygen atoms in total. The number of hydrogen-bond donors (Lipinski definition) is 0. The zero-order chi connectivity index (χ0) is 17.0. The van der Waals surface area contributed by atoms with Crippen LogP contribution in [0.5, 0.6) is 0 Å². The Hall–Kier alpha value is -2.38. The first-order valence-electron chi connectivity index (χ1n) is 9.13. The summed E-state index contributed by atoms with van der Waals surface area (Å²) in [6.45, 7) is 5.15. The van der Waals surface area contributed by atoms with Crippen LogP contribution < -0.4 is 0 Å². The molecule has 0 fully saturated rings. The molecule has 0 saturated heterocycles. The van der Waals surface area contributed by atoms with Gasteiger partial charge in [0.2, 0.25) is 0 Å². The van der Waals surface area contributed by atoms with Crippen LogP contribution in [0.1, 0.15) is 33.3 Å². The second kappa shape index (κ2) is 5.31. The van der Waals surface area contributed by atoms with Crippen molar-refractivity contribution in [1.29, 1.82) is 0 Å². The predicted molar refractivity (Wildman–Crippen MR) is 109 cm³/mol. The van der Waals surface area contributed by atoms with Gasteiger partial charge in [0.15, 0.2) is 0 Å². The standard InChI is InChI=1S/C24H22Si/c1-25(2,23-16-15-17-9-3-4-10-18(17)23)24-21-13-7-5-11-19(21)20-12-6-8-14-22(20)24/h3-16,23-24H,1-2H3. The van der Waals surface area contributed by atoms with E-state index in [1.807, 2.05) is 0 Å². The molecule has 25 heavy (non-hydrogen) atoms. The highest BCUT2D eigenvalue weighted by molar-refractivity contribution is 6.81. The van der Waals surface area contributed by atoms with Gasteiger partial charge in [-0.3, -0.25) is 0 Å². The smallest absolute Gasteiger partial charge is 0.0723 e. The second-order valence-electron chi connectivity index (χ2n) is 7.89. The van der Waals surface area contributed by atoms with Crippen LogP contribution in [0.25, 0.3) is 17.2 Å². The molecule has 1 unspecified atom stereocenters. The van der Waals surface area contributed by atoms with E-state index in [0.29, 0.717) is 11.1 Å². The molecule has 0 heterocycles. The van der Waals surface area contributed by atoms with Crippen molar-refractivity contribution in [1.82, 2.24) is 0 Å². The van der Waals surface area contributed by atoms with Gasteiger partial charge in [-0.2, -0.15) is 0 Å². The molecule has 0 aromatic heterocycles. The van der Waals surface area contributed by atoms with Crippen molar-refractivity contribution in [2.75, 3.05) is 0 Å². The van der Waals surface area contributed by atoms with Gasteiger partial charge in [-0.1, -0.05) is 98.0 Å². The number of benzene rings is 3. The van der Waals surface area contributed by atoms with Crippen LogP contribution >= 0.6 is 0 Å². The molecule has 2 aliphatic carbocycles. The van der Waals surface area contributed by atoms with E-state index < -0.39 is 8.07 Å². The molecule has 0 spiro atoms. The molecule has 3 aromatic carbocycles. The van der Waals surface area contributed by atoms with Crippen molar-refractivity contribution in [2.24, 2.45) is 0 Å². The Kier molecular flexibility index (Phi) is 3.17. The molecule has 0 aliphatic heterocycles. The Morgan fingerprint density at radius 3 is 1.80 bits per heavy atom. The molecule has 1 atom stereocenters. The van der Waals surface area contributed by atoms with Crippen molar-refractivity contribution in [3.63, 3.8) is 0 Å². The van der Waals surface area contributed by atoms with Gasteiger partial charge in [0.1, 0.15) is 0 Å². The van der Waals surface area contributed by atoms with Crippen LogP contribution in [0, 0.1) is 0 Å². The lowest BCUT2D eigenvalue weighted by atomic mass is 10.1. The van der Waals surface area contributed by atoms with Crippen LogP contribution in [0.3, 0.4) is 0 Å². The first kappa shape index (κ1) is 14.9. The second-order valence-corrected chi connectivity index (χ2v) is 12.7. The van der Waals surface area contributed by atoms with Crippen LogP contribution in [0.4, 0.5) is 0 Å². The maximum atomic E-state index is 2.58. The van der Waals surface area contributed by atoms with E-state index in [4.69, 9.17) is 0 Å². The van der Waals surface area contributed by atoms with Gasteiger partial charge in [0.05, 0.1) is 8.07 Å². The highest BCUT2D eigenvalue weighted by Gasteiger charge is 2.46. The van der Waals surface area contributed by atoms with E-state index in [1.54, 1.807) is 0 Å². The molecular weight excluding hydrogens is 316 g/mol. The van der Waals surface area contributed by atoms with Crippen molar-refractivity contribution in [2.45, 2.75) is 24.2 Å². The summed E-state index contributed by atoms with van der Waals surface area (Å²) >= 11 is 0. The minimum Gasteiger partial charge on any atom is -0.0791 e. The van der Waals surface area contributed by atoms with Gasteiger partial charge < -0.3 is 0 Å². The summed E-state index contributed by atoms with van der Waals surface area (Å²) in [6.07, 6.45) is 4.81. The van der Waals surface area contributed by atoms with E-state index in [0.717, 1.165) is 0 Å². The van der Waals surface area contributed by atoms with Crippen LogP contribution in [0.2, 0.25) is 13.1 Å². The topological polar surface area (TPSA) is 0 Å². The van der Waals surface area contributed by atoms with E-state index >= 15 is 0 Å². The van der Waals surface area contributed by atoms with Crippen molar-refractivity contribution in [3.8, 4) is 11.1 Å². The molecule has 0 saturated carbocycles. The molecule has 0 bridgehead atoms. The Morgan fingerprint density at radius 2 is 1.16 bits per heavy atom. The zero-order valence-corrected chi connectivity index (χ0v) is 15.7. The Morgan fingerprint density at radius 1 is 0.640 bits per heavy atom. The Labute approximate surface area is 150 Å². The van der Waals surface area contributed by atoms with Crippen LogP contribution in [-0.2, 0) is 0 Å². The Bertz CT molecular complexity index is 951. The summed E-state index contributed by atoms with van der Waals surface area (Å²) in [5, 5.41) is 0. The van der Waals surface area contributed by atoms with Crippen molar-refractivity contribution < 1.29 is 0 Å². The summed E-state index contributed by atoms with van der Waals surface area (Å²) < 4.78 is 0. The van der Waals surface area contributed by atoms with Crippen molar-refractivity contribution >= 4 is 14.1 Å². The number of fused-ring (bicyclic) bond motifs is 4. The van der Waals surface area contributed by atoms with Gasteiger partial charge >= 0.3 is 0 Å². The minimum absolute atomic E-state index is 0.556. The summed E-state index contributed by atoms with van der Waals surface area (Å²) in [5.41, 5.74) is 10.0. The molecule has 0 amide bonds. The third-order valence-electron chi connectivity index (χ3n) is 6.18. The lowest BCUT2D eigenvalue weighted by Gasteiger charge is -2.36. The van der Waals surface area contributed by atoms with Gasteiger partial charge in [-0.25, -0.2) is 0 Å². The van der Waals surface area contributed by atoms with Crippen LogP contribution in [0.15, 0.2) is 78.9 Å². The zero-order valence-electron chi connectivity index (χ0n) is 14.7. The summed E-state index contributed by atoms with van der Waals surface area (Å²) in [4.78, 5) is 0. The highest BCUT2D eigenvalue weighted by atomic mass is 28.3. The normalized spacial score (nSPS) is 18.1. The van der Waals surface area contributed by atoms with Gasteiger partial charge in [0.25, 0.3) is 0 Å². The monoisotopic (exact) mass is 338 g/mol. The molecule has 0 N–H and O–H groups in total. The molecule has 3 aromatic rings. The fraction of sp³-hybridized carbons (Fsp3) is 0.167. The molecule has 0 radical (unpaired) electrons. The summed E-state index contributed by atoms with van der Waals surface area (Å²) in [5.74, 6) is 0. The van der Waals surface area contributed by atoms with E-state index in [2.05, 4.69) is 98.0 Å². The van der Waals surface area contributed by atoms with Gasteiger partial charge in [-0.05, 0) is 38.9 Å². The third-order valence-corrected chi connectivity index (χ3v) is 10.4. The highest BCUT2D eigenvalue weighted by Crippen LogP contribution is 2.53. The summed E-state index contributed by atoms with van der Waals surface area (Å²) in [7, 11) is -1.68. The number of rotatable bonds is 2. The lowest BCUT2D eigenvalue weighted by molar-refractivity contribution is 1.03. The van der Waals surface area contributed by atoms with Gasteiger partial charge in [0, 0.05) is 5.54 Å². The predicted octanol–water partition coefficient (Wildman–Crippen LogP) is 6.40. The van der Waals surface area contributed by atoms with Gasteiger partial charge in [-0.15, -0.1) is 0 Å². The molecule has 5 rings (SSSR count). The van der Waals surface area contributed by atoms with E-state index in [-0.39, 0.29) is 0 Å². The minimum atomic E-state index is -1.68. The largest absolute Gasteiger partial charge is 0.0791 e. The maximum Gasteiger partial charge on any atom is 0.0723 e. The summed E-state index contributed by atoms with van der Waals surface area (Å²) in [6, 6.07) is 27.0. The Balaban J connectivity index is 1.70. The molecule has 2 aliphatic rings. The van der Waals surface area contributed by atoms with Crippen LogP contribution in [-0.4, -0.2) is 8.07 Å². The molecule has 122 valence electrons. The number of allylic oxidation sites excluding steroid dienone is 1.